The predicted molar refractivity (Wildman–Crippen MR) is 117 cm³/mol. The second kappa shape index (κ2) is 7.94. The maximum Gasteiger partial charge on any atom is 0.223 e. The van der Waals surface area contributed by atoms with Crippen molar-refractivity contribution in [2.24, 2.45) is 11.1 Å². The molecular weight excluding hydrogens is 376 g/mol. The first-order valence-corrected chi connectivity index (χ1v) is 10.6. The fourth-order valence-corrected chi connectivity index (χ4v) is 4.48. The van der Waals surface area contributed by atoms with E-state index in [-0.39, 0.29) is 17.9 Å². The van der Waals surface area contributed by atoms with Gasteiger partial charge in [-0.1, -0.05) is 17.3 Å². The van der Waals surface area contributed by atoms with E-state index in [1.807, 2.05) is 18.3 Å². The van der Waals surface area contributed by atoms with Gasteiger partial charge in [-0.15, -0.1) is 0 Å². The normalized spacial score (nSPS) is 18.5. The van der Waals surface area contributed by atoms with Crippen LogP contribution in [0.2, 0.25) is 0 Å². The number of hydrogen-bond donors (Lipinski definition) is 1. The number of fused-ring (bicyclic) bond motifs is 3. The van der Waals surface area contributed by atoms with Gasteiger partial charge in [0.05, 0.1) is 18.5 Å². The maximum atomic E-state index is 12.3. The summed E-state index contributed by atoms with van der Waals surface area (Å²) in [5.41, 5.74) is 5.95. The van der Waals surface area contributed by atoms with Gasteiger partial charge >= 0.3 is 0 Å². The first kappa shape index (κ1) is 18.9. The Balaban J connectivity index is 1.53. The Morgan fingerprint density at radius 2 is 2.20 bits per heavy atom. The van der Waals surface area contributed by atoms with E-state index in [0.717, 1.165) is 49.9 Å². The molecule has 3 aromatic rings. The Morgan fingerprint density at radius 3 is 2.97 bits per heavy atom. The molecule has 1 fully saturated rings. The fourth-order valence-electron chi connectivity index (χ4n) is 4.48. The molecular formula is C24H26N4O2. The highest BCUT2D eigenvalue weighted by atomic mass is 16.6. The smallest absolute Gasteiger partial charge is 0.223 e. The molecule has 0 aliphatic heterocycles. The van der Waals surface area contributed by atoms with Crippen LogP contribution in [0, 0.1) is 5.92 Å². The van der Waals surface area contributed by atoms with E-state index in [9.17, 15) is 4.79 Å². The second-order valence-electron chi connectivity index (χ2n) is 8.25. The van der Waals surface area contributed by atoms with Gasteiger partial charge in [0, 0.05) is 34.8 Å². The van der Waals surface area contributed by atoms with Crippen molar-refractivity contribution in [1.29, 1.82) is 0 Å². The van der Waals surface area contributed by atoms with Crippen molar-refractivity contribution >= 4 is 23.0 Å². The van der Waals surface area contributed by atoms with Crippen LogP contribution >= 0.6 is 0 Å². The lowest BCUT2D eigenvalue weighted by atomic mass is 9.91. The Bertz CT molecular complexity index is 1100. The van der Waals surface area contributed by atoms with Gasteiger partial charge in [0.2, 0.25) is 5.91 Å². The molecule has 0 bridgehead atoms. The zero-order chi connectivity index (χ0) is 20.5. The minimum absolute atomic E-state index is 0.204. The van der Waals surface area contributed by atoms with E-state index in [1.165, 1.54) is 22.2 Å². The molecule has 1 saturated carbocycles. The summed E-state index contributed by atoms with van der Waals surface area (Å²) >= 11 is 0. The molecule has 2 heterocycles. The van der Waals surface area contributed by atoms with Crippen LogP contribution in [0.5, 0.6) is 0 Å². The van der Waals surface area contributed by atoms with Crippen LogP contribution < -0.4 is 5.32 Å². The fraction of sp³-hybridized carbons (Fsp3) is 0.375. The van der Waals surface area contributed by atoms with Crippen LogP contribution in [0.1, 0.15) is 41.8 Å². The van der Waals surface area contributed by atoms with Gasteiger partial charge in [0.1, 0.15) is 7.11 Å². The van der Waals surface area contributed by atoms with Crippen LogP contribution in [0.25, 0.3) is 10.9 Å². The van der Waals surface area contributed by atoms with Gasteiger partial charge in [-0.2, -0.15) is 0 Å². The van der Waals surface area contributed by atoms with Crippen molar-refractivity contribution in [3.63, 3.8) is 0 Å². The number of hydrogen-bond acceptors (Lipinski definition) is 4. The predicted octanol–water partition coefficient (Wildman–Crippen LogP) is 3.45. The average molecular weight is 402 g/mol. The molecule has 2 aromatic heterocycles. The minimum Gasteiger partial charge on any atom is -0.399 e. The van der Waals surface area contributed by atoms with Gasteiger partial charge in [-0.25, -0.2) is 0 Å². The van der Waals surface area contributed by atoms with E-state index in [2.05, 4.69) is 44.3 Å². The van der Waals surface area contributed by atoms with Crippen molar-refractivity contribution < 1.29 is 9.63 Å². The van der Waals surface area contributed by atoms with E-state index in [4.69, 9.17) is 4.84 Å². The summed E-state index contributed by atoms with van der Waals surface area (Å²) in [6, 6.07) is 12.7. The summed E-state index contributed by atoms with van der Waals surface area (Å²) in [7, 11) is 1.55. The molecule has 1 amide bonds. The Labute approximate surface area is 175 Å². The zero-order valence-corrected chi connectivity index (χ0v) is 17.2. The molecule has 154 valence electrons. The van der Waals surface area contributed by atoms with Crippen LogP contribution in [0.3, 0.4) is 0 Å². The topological polar surface area (TPSA) is 68.5 Å². The molecule has 1 aromatic carbocycles. The molecule has 0 unspecified atom stereocenters. The highest BCUT2D eigenvalue weighted by molar-refractivity contribution is 5.92. The molecule has 6 nitrogen and oxygen atoms in total. The van der Waals surface area contributed by atoms with E-state index >= 15 is 0 Å². The largest absolute Gasteiger partial charge is 0.399 e. The SMILES string of the molecule is CO/N=C/c1ccc2c(c1)c1c(n2Cc2ccccn2)CC[C@@H](NC(=O)C2CC2)C1. The molecule has 1 N–H and O–H groups in total. The number of nitrogens with zero attached hydrogens (tertiary/aromatic N) is 3. The van der Waals surface area contributed by atoms with Crippen LogP contribution in [-0.4, -0.2) is 34.8 Å². The van der Waals surface area contributed by atoms with Gasteiger partial charge in [0.15, 0.2) is 0 Å². The molecule has 5 rings (SSSR count). The number of carbonyl (C=O) groups is 1. The Hall–Kier alpha value is -3.15. The molecule has 30 heavy (non-hydrogen) atoms. The third-order valence-electron chi connectivity index (χ3n) is 6.14. The van der Waals surface area contributed by atoms with E-state index in [1.54, 1.807) is 13.3 Å². The standard InChI is InChI=1S/C24H26N4O2/c1-30-26-14-16-5-9-22-20(12-16)21-13-18(27-24(29)17-6-7-17)8-10-23(21)28(22)15-19-4-2-3-11-25-19/h2-5,9,11-12,14,17-18H,6-8,10,13,15H2,1H3,(H,27,29)/b26-14+/t18-/m1/s1. The number of nitrogens with one attached hydrogen (secondary N) is 1. The number of benzene rings is 1. The van der Waals surface area contributed by atoms with Crippen LogP contribution in [0.15, 0.2) is 47.8 Å². The van der Waals surface area contributed by atoms with E-state index in [0.29, 0.717) is 0 Å². The lowest BCUT2D eigenvalue weighted by Crippen LogP contribution is -2.39. The number of aromatic nitrogens is 2. The molecule has 2 aliphatic carbocycles. The molecule has 1 atom stereocenters. The van der Waals surface area contributed by atoms with Crippen molar-refractivity contribution in [2.75, 3.05) is 7.11 Å². The minimum atomic E-state index is 0.204. The number of amides is 1. The highest BCUT2D eigenvalue weighted by Crippen LogP contribution is 2.34. The molecule has 0 spiro atoms. The van der Waals surface area contributed by atoms with Crippen LogP contribution in [-0.2, 0) is 29.0 Å². The summed E-state index contributed by atoms with van der Waals surface area (Å²) in [4.78, 5) is 21.7. The lowest BCUT2D eigenvalue weighted by molar-refractivity contribution is -0.123. The van der Waals surface area contributed by atoms with Gasteiger partial charge < -0.3 is 14.7 Å². The Kier molecular flexibility index (Phi) is 4.99. The summed E-state index contributed by atoms with van der Waals surface area (Å²) < 4.78 is 2.39. The van der Waals surface area contributed by atoms with Gasteiger partial charge in [-0.3, -0.25) is 9.78 Å². The van der Waals surface area contributed by atoms with E-state index < -0.39 is 0 Å². The first-order valence-electron chi connectivity index (χ1n) is 10.6. The first-order chi connectivity index (χ1) is 14.7. The summed E-state index contributed by atoms with van der Waals surface area (Å²) in [5, 5.41) is 8.43. The third-order valence-corrected chi connectivity index (χ3v) is 6.14. The maximum absolute atomic E-state index is 12.3. The van der Waals surface area contributed by atoms with Crippen molar-refractivity contribution in [2.45, 2.75) is 44.7 Å². The number of pyridine rings is 1. The van der Waals surface area contributed by atoms with Crippen molar-refractivity contribution in [3.05, 3.63) is 65.1 Å². The molecule has 0 saturated heterocycles. The molecule has 6 heteroatoms. The Morgan fingerprint density at radius 1 is 1.30 bits per heavy atom. The monoisotopic (exact) mass is 402 g/mol. The number of rotatable bonds is 6. The number of carbonyl (C=O) groups excluding carboxylic acids is 1. The third kappa shape index (κ3) is 3.70. The van der Waals surface area contributed by atoms with Gasteiger partial charge in [-0.05, 0) is 67.5 Å². The second-order valence-corrected chi connectivity index (χ2v) is 8.25. The summed E-state index contributed by atoms with van der Waals surface area (Å²) in [5.74, 6) is 0.474. The lowest BCUT2D eigenvalue weighted by Gasteiger charge is -2.25. The average Bonchev–Trinajstić information content (AvgIpc) is 3.59. The van der Waals surface area contributed by atoms with Crippen molar-refractivity contribution in [1.82, 2.24) is 14.9 Å². The van der Waals surface area contributed by atoms with Crippen LogP contribution in [0.4, 0.5) is 0 Å². The highest BCUT2D eigenvalue weighted by Gasteiger charge is 2.33. The quantitative estimate of drug-likeness (QED) is 0.507. The van der Waals surface area contributed by atoms with Crippen molar-refractivity contribution in [3.8, 4) is 0 Å². The zero-order valence-electron chi connectivity index (χ0n) is 17.2. The molecule has 0 radical (unpaired) electrons. The molecule has 2 aliphatic rings. The summed E-state index contributed by atoms with van der Waals surface area (Å²) in [6.45, 7) is 0.747. The number of oxime groups is 1. The van der Waals surface area contributed by atoms with Gasteiger partial charge in [0.25, 0.3) is 0 Å². The summed E-state index contributed by atoms with van der Waals surface area (Å²) in [6.07, 6.45) is 8.44.